The maximum absolute atomic E-state index is 11.6. The van der Waals surface area contributed by atoms with Crippen molar-refractivity contribution in [3.8, 4) is 0 Å². The molecule has 0 aromatic rings. The predicted molar refractivity (Wildman–Crippen MR) is 54.9 cm³/mol. The summed E-state index contributed by atoms with van der Waals surface area (Å²) in [6, 6.07) is 0. The van der Waals surface area contributed by atoms with Crippen LogP contribution in [0.5, 0.6) is 0 Å². The summed E-state index contributed by atoms with van der Waals surface area (Å²) in [6.45, 7) is 7.87. The van der Waals surface area contributed by atoms with Crippen LogP contribution in [-0.2, 0) is 4.79 Å². The van der Waals surface area contributed by atoms with E-state index in [4.69, 9.17) is 11.6 Å². The highest BCUT2D eigenvalue weighted by Crippen LogP contribution is 2.28. The van der Waals surface area contributed by atoms with Gasteiger partial charge in [-0.1, -0.05) is 13.8 Å². The molecule has 1 amide bonds. The highest BCUT2D eigenvalue weighted by atomic mass is 35.5. The molecule has 2 nitrogen and oxygen atoms in total. The summed E-state index contributed by atoms with van der Waals surface area (Å²) in [7, 11) is 0. The predicted octanol–water partition coefficient (Wildman–Crippen LogP) is 2.26. The number of hydrogen-bond donors (Lipinski definition) is 0. The lowest BCUT2D eigenvalue weighted by Crippen LogP contribution is -2.45. The van der Waals surface area contributed by atoms with Crippen LogP contribution in [-0.4, -0.2) is 29.3 Å². The van der Waals surface area contributed by atoms with Crippen LogP contribution in [0, 0.1) is 5.41 Å². The maximum Gasteiger partial charge on any atom is 0.240 e. The number of carbonyl (C=O) groups is 1. The molecule has 76 valence electrons. The zero-order valence-electron chi connectivity index (χ0n) is 8.64. The van der Waals surface area contributed by atoms with Gasteiger partial charge >= 0.3 is 0 Å². The molecule has 0 aliphatic carbocycles. The van der Waals surface area contributed by atoms with Crippen molar-refractivity contribution < 1.29 is 4.79 Å². The van der Waals surface area contributed by atoms with Crippen molar-refractivity contribution >= 4 is 17.5 Å². The maximum atomic E-state index is 11.6. The minimum atomic E-state index is -0.381. The van der Waals surface area contributed by atoms with Crippen LogP contribution in [0.25, 0.3) is 0 Å². The average molecular weight is 204 g/mol. The number of alkyl halides is 1. The molecule has 1 rings (SSSR count). The average Bonchev–Trinajstić information content (AvgIpc) is 2.01. The molecule has 0 bridgehead atoms. The van der Waals surface area contributed by atoms with Gasteiger partial charge in [0.25, 0.3) is 0 Å². The molecule has 3 heteroatoms. The van der Waals surface area contributed by atoms with E-state index in [-0.39, 0.29) is 16.7 Å². The first kappa shape index (κ1) is 10.8. The van der Waals surface area contributed by atoms with Crippen molar-refractivity contribution in [1.29, 1.82) is 0 Å². The topological polar surface area (TPSA) is 20.3 Å². The monoisotopic (exact) mass is 203 g/mol. The number of halogens is 1. The summed E-state index contributed by atoms with van der Waals surface area (Å²) < 4.78 is 0. The Hall–Kier alpha value is -0.240. The van der Waals surface area contributed by atoms with Gasteiger partial charge in [0.15, 0.2) is 0 Å². The van der Waals surface area contributed by atoms with Gasteiger partial charge in [-0.3, -0.25) is 4.79 Å². The van der Waals surface area contributed by atoms with Crippen LogP contribution in [0.15, 0.2) is 0 Å². The third kappa shape index (κ3) is 2.87. The fraction of sp³-hybridized carbons (Fsp3) is 0.900. The molecule has 1 saturated heterocycles. The van der Waals surface area contributed by atoms with E-state index in [0.717, 1.165) is 19.5 Å². The Bertz CT molecular complexity index is 201. The zero-order chi connectivity index (χ0) is 10.1. The van der Waals surface area contributed by atoms with Crippen molar-refractivity contribution in [2.75, 3.05) is 13.1 Å². The molecular weight excluding hydrogens is 186 g/mol. The third-order valence-corrected chi connectivity index (χ3v) is 2.74. The molecule has 1 heterocycles. The molecule has 13 heavy (non-hydrogen) atoms. The second kappa shape index (κ2) is 3.87. The second-order valence-corrected chi connectivity index (χ2v) is 5.30. The highest BCUT2D eigenvalue weighted by molar-refractivity contribution is 6.30. The lowest BCUT2D eigenvalue weighted by molar-refractivity contribution is -0.133. The number of amides is 1. The molecule has 1 aliphatic rings. The van der Waals surface area contributed by atoms with Gasteiger partial charge in [-0.15, -0.1) is 11.6 Å². The Morgan fingerprint density at radius 3 is 2.62 bits per heavy atom. The van der Waals surface area contributed by atoms with Crippen molar-refractivity contribution in [2.45, 2.75) is 39.0 Å². The lowest BCUT2D eigenvalue weighted by atomic mass is 9.84. The van der Waals surface area contributed by atoms with E-state index in [2.05, 4.69) is 13.8 Å². The zero-order valence-corrected chi connectivity index (χ0v) is 9.40. The van der Waals surface area contributed by atoms with E-state index in [1.54, 1.807) is 6.92 Å². The fourth-order valence-corrected chi connectivity index (χ4v) is 2.00. The first-order valence-corrected chi connectivity index (χ1v) is 5.29. The number of piperidine rings is 1. The van der Waals surface area contributed by atoms with Gasteiger partial charge in [0, 0.05) is 13.1 Å². The molecule has 0 aromatic heterocycles. The standard InChI is InChI=1S/C10H18ClNO/c1-8(11)9(13)12-6-4-5-10(2,3)7-12/h8H,4-7H2,1-3H3. The van der Waals surface area contributed by atoms with Gasteiger partial charge in [-0.05, 0) is 25.2 Å². The summed E-state index contributed by atoms with van der Waals surface area (Å²) in [5, 5.41) is -0.381. The molecular formula is C10H18ClNO. The van der Waals surface area contributed by atoms with E-state index < -0.39 is 0 Å². The summed E-state index contributed by atoms with van der Waals surface area (Å²) in [5.74, 6) is 0.0782. The van der Waals surface area contributed by atoms with E-state index >= 15 is 0 Å². The number of carbonyl (C=O) groups excluding carboxylic acids is 1. The second-order valence-electron chi connectivity index (χ2n) is 4.64. The van der Waals surface area contributed by atoms with Crippen LogP contribution in [0.2, 0.25) is 0 Å². The van der Waals surface area contributed by atoms with Crippen molar-refractivity contribution in [3.05, 3.63) is 0 Å². The molecule has 1 atom stereocenters. The molecule has 1 fully saturated rings. The lowest BCUT2D eigenvalue weighted by Gasteiger charge is -2.38. The molecule has 0 aromatic carbocycles. The smallest absolute Gasteiger partial charge is 0.240 e. The molecule has 0 radical (unpaired) electrons. The molecule has 0 saturated carbocycles. The molecule has 0 spiro atoms. The molecule has 0 N–H and O–H groups in total. The largest absolute Gasteiger partial charge is 0.341 e. The Kier molecular flexibility index (Phi) is 3.23. The Morgan fingerprint density at radius 2 is 2.15 bits per heavy atom. The van der Waals surface area contributed by atoms with Crippen LogP contribution in [0.4, 0.5) is 0 Å². The van der Waals surface area contributed by atoms with E-state index in [1.165, 1.54) is 6.42 Å². The summed E-state index contributed by atoms with van der Waals surface area (Å²) in [5.41, 5.74) is 0.264. The van der Waals surface area contributed by atoms with Crippen molar-refractivity contribution in [2.24, 2.45) is 5.41 Å². The number of rotatable bonds is 1. The van der Waals surface area contributed by atoms with Gasteiger partial charge in [-0.2, -0.15) is 0 Å². The third-order valence-electron chi connectivity index (χ3n) is 2.55. The van der Waals surface area contributed by atoms with E-state index in [9.17, 15) is 4.79 Å². The van der Waals surface area contributed by atoms with Gasteiger partial charge in [0.05, 0.1) is 0 Å². The summed E-state index contributed by atoms with van der Waals surface area (Å²) in [4.78, 5) is 13.5. The van der Waals surface area contributed by atoms with E-state index in [1.807, 2.05) is 4.90 Å². The SMILES string of the molecule is CC(Cl)C(=O)N1CCCC(C)(C)C1. The minimum absolute atomic E-state index is 0.0782. The Labute approximate surface area is 85.2 Å². The van der Waals surface area contributed by atoms with Gasteiger partial charge < -0.3 is 4.90 Å². The van der Waals surface area contributed by atoms with Crippen LogP contribution in [0.1, 0.15) is 33.6 Å². The van der Waals surface area contributed by atoms with Gasteiger partial charge in [-0.25, -0.2) is 0 Å². The number of likely N-dealkylation sites (tertiary alicyclic amines) is 1. The van der Waals surface area contributed by atoms with E-state index in [0.29, 0.717) is 0 Å². The number of nitrogens with zero attached hydrogens (tertiary/aromatic N) is 1. The van der Waals surface area contributed by atoms with Crippen molar-refractivity contribution in [3.63, 3.8) is 0 Å². The van der Waals surface area contributed by atoms with Crippen LogP contribution < -0.4 is 0 Å². The first-order valence-electron chi connectivity index (χ1n) is 4.85. The fourth-order valence-electron chi connectivity index (χ4n) is 1.86. The van der Waals surface area contributed by atoms with Crippen LogP contribution in [0.3, 0.4) is 0 Å². The summed E-state index contributed by atoms with van der Waals surface area (Å²) in [6.07, 6.45) is 2.30. The van der Waals surface area contributed by atoms with Crippen molar-refractivity contribution in [1.82, 2.24) is 4.90 Å². The Balaban J connectivity index is 2.57. The quantitative estimate of drug-likeness (QED) is 0.599. The highest BCUT2D eigenvalue weighted by Gasteiger charge is 2.30. The number of hydrogen-bond acceptors (Lipinski definition) is 1. The molecule has 1 aliphatic heterocycles. The molecule has 1 unspecified atom stereocenters. The van der Waals surface area contributed by atoms with Crippen LogP contribution >= 0.6 is 11.6 Å². The summed E-state index contributed by atoms with van der Waals surface area (Å²) >= 11 is 5.76. The normalized spacial score (nSPS) is 24.2. The minimum Gasteiger partial charge on any atom is -0.341 e. The van der Waals surface area contributed by atoms with Gasteiger partial charge in [0.1, 0.15) is 5.38 Å². The van der Waals surface area contributed by atoms with Gasteiger partial charge in [0.2, 0.25) is 5.91 Å². The first-order chi connectivity index (χ1) is 5.92. The Morgan fingerprint density at radius 1 is 1.54 bits per heavy atom.